The zero-order valence-corrected chi connectivity index (χ0v) is 20.1. The van der Waals surface area contributed by atoms with Crippen molar-refractivity contribution in [2.75, 3.05) is 20.3 Å². The smallest absolute Gasteiger partial charge is 0.244 e. The Hall–Kier alpha value is -3.61. The summed E-state index contributed by atoms with van der Waals surface area (Å²) in [4.78, 5) is 15.4. The Balaban J connectivity index is 1.36. The van der Waals surface area contributed by atoms with Crippen LogP contribution in [-0.2, 0) is 16.0 Å². The van der Waals surface area contributed by atoms with Crippen molar-refractivity contribution in [2.24, 2.45) is 0 Å². The Morgan fingerprint density at radius 3 is 2.70 bits per heavy atom. The molecule has 0 aliphatic carbocycles. The monoisotopic (exact) mass is 514 g/mol. The molecule has 0 radical (unpaired) electrons. The number of rotatable bonds is 9. The molecule has 37 heavy (non-hydrogen) atoms. The number of aliphatic hydroxyl groups excluding tert-OH is 4. The van der Waals surface area contributed by atoms with Crippen molar-refractivity contribution >= 4 is 22.9 Å². The summed E-state index contributed by atoms with van der Waals surface area (Å²) >= 11 is 0. The second kappa shape index (κ2) is 11.6. The first kappa shape index (κ1) is 26.5. The lowest BCUT2D eigenvalue weighted by molar-refractivity contribution is -0.277. The molecule has 11 nitrogen and oxygen atoms in total. The topological polar surface area (TPSA) is 174 Å². The van der Waals surface area contributed by atoms with Gasteiger partial charge in [0.2, 0.25) is 12.2 Å². The number of aliphatic hydroxyl groups is 4. The number of aromatic hydroxyl groups is 1. The Bertz CT molecular complexity index is 1260. The van der Waals surface area contributed by atoms with E-state index in [1.165, 1.54) is 19.3 Å². The number of fused-ring (bicyclic) bond motifs is 1. The number of methoxy groups -OCH3 is 1. The third kappa shape index (κ3) is 6.04. The van der Waals surface area contributed by atoms with E-state index in [-0.39, 0.29) is 11.7 Å². The molecular weight excluding hydrogens is 484 g/mol. The van der Waals surface area contributed by atoms with Crippen molar-refractivity contribution in [1.82, 2.24) is 10.3 Å². The van der Waals surface area contributed by atoms with Gasteiger partial charge in [-0.25, -0.2) is 0 Å². The highest BCUT2D eigenvalue weighted by Gasteiger charge is 2.44. The van der Waals surface area contributed by atoms with Gasteiger partial charge in [0.15, 0.2) is 11.5 Å². The predicted octanol–water partition coefficient (Wildman–Crippen LogP) is 0.433. The number of phenols is 1. The van der Waals surface area contributed by atoms with Gasteiger partial charge in [0.1, 0.15) is 30.2 Å². The summed E-state index contributed by atoms with van der Waals surface area (Å²) in [5.41, 5.74) is 2.46. The summed E-state index contributed by atoms with van der Waals surface area (Å²) in [6.07, 6.45) is -1.49. The van der Waals surface area contributed by atoms with Crippen molar-refractivity contribution < 1.29 is 44.5 Å². The minimum absolute atomic E-state index is 0.0181. The molecule has 0 spiro atoms. The fraction of sp³-hybridized carbons (Fsp3) is 0.346. The van der Waals surface area contributed by atoms with Crippen LogP contribution < -0.4 is 14.8 Å². The van der Waals surface area contributed by atoms with E-state index < -0.39 is 37.3 Å². The van der Waals surface area contributed by atoms with E-state index in [9.17, 15) is 30.3 Å². The number of carbonyl (C=O) groups excluding carboxylic acids is 1. The molecule has 0 bridgehead atoms. The lowest BCUT2D eigenvalue weighted by atomic mass is 9.99. The summed E-state index contributed by atoms with van der Waals surface area (Å²) in [7, 11) is 1.45. The Morgan fingerprint density at radius 1 is 1.14 bits per heavy atom. The van der Waals surface area contributed by atoms with Crippen LogP contribution in [-0.4, -0.2) is 87.4 Å². The number of nitrogens with one attached hydrogen (secondary N) is 2. The van der Waals surface area contributed by atoms with E-state index in [1.54, 1.807) is 36.4 Å². The second-order valence-corrected chi connectivity index (χ2v) is 8.64. The lowest BCUT2D eigenvalue weighted by Crippen LogP contribution is -2.60. The van der Waals surface area contributed by atoms with Crippen LogP contribution in [0.15, 0.2) is 48.7 Å². The number of hydrogen-bond acceptors (Lipinski definition) is 9. The zero-order chi connectivity index (χ0) is 26.5. The van der Waals surface area contributed by atoms with E-state index in [4.69, 9.17) is 14.2 Å². The van der Waals surface area contributed by atoms with Gasteiger partial charge in [0.05, 0.1) is 13.7 Å². The van der Waals surface area contributed by atoms with Crippen LogP contribution in [0.5, 0.6) is 17.2 Å². The van der Waals surface area contributed by atoms with Crippen LogP contribution in [0, 0.1) is 0 Å². The van der Waals surface area contributed by atoms with Crippen LogP contribution >= 0.6 is 0 Å². The number of hydrogen-bond donors (Lipinski definition) is 7. The molecule has 5 unspecified atom stereocenters. The number of ether oxygens (including phenoxy) is 3. The van der Waals surface area contributed by atoms with Crippen molar-refractivity contribution in [3.8, 4) is 17.2 Å². The highest BCUT2D eigenvalue weighted by Crippen LogP contribution is 2.29. The molecule has 1 fully saturated rings. The highest BCUT2D eigenvalue weighted by molar-refractivity contribution is 5.92. The van der Waals surface area contributed by atoms with E-state index in [2.05, 4.69) is 10.3 Å². The third-order valence-corrected chi connectivity index (χ3v) is 6.16. The maximum absolute atomic E-state index is 12.2. The molecule has 1 aliphatic rings. The highest BCUT2D eigenvalue weighted by atomic mass is 16.7. The number of amides is 1. The van der Waals surface area contributed by atoms with Gasteiger partial charge in [-0.3, -0.25) is 4.79 Å². The molecule has 1 amide bonds. The van der Waals surface area contributed by atoms with Crippen LogP contribution in [0.25, 0.3) is 17.0 Å². The molecule has 4 rings (SSSR count). The van der Waals surface area contributed by atoms with Gasteiger partial charge in [-0.15, -0.1) is 0 Å². The van der Waals surface area contributed by atoms with Gasteiger partial charge in [0, 0.05) is 29.7 Å². The van der Waals surface area contributed by atoms with Gasteiger partial charge in [-0.05, 0) is 54.0 Å². The predicted molar refractivity (Wildman–Crippen MR) is 133 cm³/mol. The van der Waals surface area contributed by atoms with Crippen LogP contribution in [0.1, 0.15) is 11.1 Å². The van der Waals surface area contributed by atoms with Crippen molar-refractivity contribution in [3.63, 3.8) is 0 Å². The average Bonchev–Trinajstić information content (AvgIpc) is 3.30. The molecule has 2 aromatic carbocycles. The minimum Gasteiger partial charge on any atom is -0.504 e. The van der Waals surface area contributed by atoms with E-state index in [0.717, 1.165) is 16.5 Å². The fourth-order valence-electron chi connectivity index (χ4n) is 4.09. The van der Waals surface area contributed by atoms with Crippen LogP contribution in [0.4, 0.5) is 0 Å². The van der Waals surface area contributed by atoms with Crippen LogP contribution in [0.2, 0.25) is 0 Å². The molecule has 11 heteroatoms. The molecule has 0 saturated carbocycles. The molecule has 7 N–H and O–H groups in total. The van der Waals surface area contributed by atoms with Gasteiger partial charge in [-0.1, -0.05) is 6.07 Å². The number of benzene rings is 2. The Labute approximate surface area is 212 Å². The quantitative estimate of drug-likeness (QED) is 0.200. The first-order valence-electron chi connectivity index (χ1n) is 11.7. The molecular formula is C26H30N2O9. The molecule has 1 aliphatic heterocycles. The number of phenolic OH excluding ortho intramolecular Hbond substituents is 1. The van der Waals surface area contributed by atoms with E-state index in [1.807, 2.05) is 6.20 Å². The largest absolute Gasteiger partial charge is 0.504 e. The maximum atomic E-state index is 12.2. The molecule has 3 aromatic rings. The minimum atomic E-state index is -1.53. The zero-order valence-electron chi connectivity index (χ0n) is 20.1. The summed E-state index contributed by atoms with van der Waals surface area (Å²) in [5, 5.41) is 52.8. The Morgan fingerprint density at radius 2 is 1.95 bits per heavy atom. The van der Waals surface area contributed by atoms with Gasteiger partial charge in [-0.2, -0.15) is 0 Å². The standard InChI is InChI=1S/C26H30N2O9/c1-35-20-10-14(2-6-19(20)30)3-7-22(31)27-9-8-15-12-28-18-5-4-16(11-17(15)18)36-26-25(34)24(33)23(32)21(13-29)37-26/h2-7,10-12,21,23-26,28-30,32-34H,8-9,13H2,1H3,(H,27,31). The summed E-state index contributed by atoms with van der Waals surface area (Å²) < 4.78 is 16.2. The molecule has 2 heterocycles. The van der Waals surface area contributed by atoms with Gasteiger partial charge >= 0.3 is 0 Å². The molecule has 5 atom stereocenters. The molecule has 1 saturated heterocycles. The average molecular weight is 515 g/mol. The first-order chi connectivity index (χ1) is 17.8. The summed E-state index contributed by atoms with van der Waals surface area (Å²) in [6.45, 7) is -0.178. The van der Waals surface area contributed by atoms with Gasteiger partial charge in [0.25, 0.3) is 0 Å². The van der Waals surface area contributed by atoms with E-state index >= 15 is 0 Å². The molecule has 1 aromatic heterocycles. The van der Waals surface area contributed by atoms with Crippen molar-refractivity contribution in [3.05, 3.63) is 59.8 Å². The Kier molecular flexibility index (Phi) is 8.31. The lowest BCUT2D eigenvalue weighted by Gasteiger charge is -2.39. The van der Waals surface area contributed by atoms with Crippen LogP contribution in [0.3, 0.4) is 0 Å². The number of H-pyrrole nitrogens is 1. The van der Waals surface area contributed by atoms with Crippen molar-refractivity contribution in [1.29, 1.82) is 0 Å². The second-order valence-electron chi connectivity index (χ2n) is 8.64. The number of aromatic amines is 1. The normalized spacial score (nSPS) is 23.9. The summed E-state index contributed by atoms with van der Waals surface area (Å²) in [6, 6.07) is 9.96. The van der Waals surface area contributed by atoms with E-state index in [0.29, 0.717) is 30.0 Å². The first-order valence-corrected chi connectivity index (χ1v) is 11.7. The fourth-order valence-corrected chi connectivity index (χ4v) is 4.09. The number of aromatic nitrogens is 1. The third-order valence-electron chi connectivity index (χ3n) is 6.16. The molecule has 198 valence electrons. The summed E-state index contributed by atoms with van der Waals surface area (Å²) in [5.74, 6) is 0.411. The van der Waals surface area contributed by atoms with Gasteiger partial charge < -0.3 is 50.0 Å². The number of carbonyl (C=O) groups is 1. The van der Waals surface area contributed by atoms with Crippen molar-refractivity contribution in [2.45, 2.75) is 37.1 Å². The SMILES string of the molecule is COc1cc(C=CC(=O)NCCc2c[nH]c3ccc(OC4OC(CO)C(O)C(O)C4O)cc23)ccc1O. The maximum Gasteiger partial charge on any atom is 0.244 e.